The van der Waals surface area contributed by atoms with Crippen LogP contribution in [0.15, 0.2) is 23.4 Å². The fourth-order valence-electron chi connectivity index (χ4n) is 1.77. The van der Waals surface area contributed by atoms with Crippen molar-refractivity contribution in [2.75, 3.05) is 5.75 Å². The maximum atomic E-state index is 12.6. The molecule has 0 saturated heterocycles. The second-order valence-corrected chi connectivity index (χ2v) is 4.81. The third kappa shape index (κ3) is 2.88. The van der Waals surface area contributed by atoms with E-state index in [9.17, 15) is 13.6 Å². The summed E-state index contributed by atoms with van der Waals surface area (Å²) >= 11 is 0.852. The highest BCUT2D eigenvalue weighted by atomic mass is 32.2. The van der Waals surface area contributed by atoms with Crippen molar-refractivity contribution in [2.24, 2.45) is 0 Å². The van der Waals surface area contributed by atoms with Crippen LogP contribution < -0.4 is 0 Å². The molecule has 1 N–H and O–H groups in total. The lowest BCUT2D eigenvalue weighted by Crippen LogP contribution is -2.09. The topological polar surface area (TPSA) is 78.9 Å². The first kappa shape index (κ1) is 14.3. The summed E-state index contributed by atoms with van der Waals surface area (Å²) in [4.78, 5) is 14.7. The predicted octanol–water partition coefficient (Wildman–Crippen LogP) is 2.35. The van der Waals surface area contributed by atoms with Gasteiger partial charge in [-0.3, -0.25) is 4.79 Å². The first-order valence-electron chi connectivity index (χ1n) is 5.55. The van der Waals surface area contributed by atoms with Gasteiger partial charge in [-0.15, -0.1) is 0 Å². The average Bonchev–Trinajstić information content (AvgIpc) is 2.74. The number of alkyl halides is 2. The van der Waals surface area contributed by atoms with E-state index in [-0.39, 0.29) is 16.5 Å². The lowest BCUT2D eigenvalue weighted by atomic mass is 10.2. The molecule has 0 saturated carbocycles. The average molecular weight is 297 g/mol. The van der Waals surface area contributed by atoms with Gasteiger partial charge in [-0.25, -0.2) is 13.8 Å². The standard InChI is InChI=1S/C12H9F2N3O2S/c13-9(14)5-17-8-3-1-2-7(4-15)11(8)16-12(17)20-6-10(18)19/h1-3,9H,5-6H2,(H,18,19). The van der Waals surface area contributed by atoms with Gasteiger partial charge < -0.3 is 9.67 Å². The Labute approximate surface area is 116 Å². The van der Waals surface area contributed by atoms with Gasteiger partial charge in [0.05, 0.1) is 23.4 Å². The number of hydrogen-bond donors (Lipinski definition) is 1. The summed E-state index contributed by atoms with van der Waals surface area (Å²) in [5.41, 5.74) is 0.980. The van der Waals surface area contributed by atoms with Crippen LogP contribution in [0, 0.1) is 11.3 Å². The number of thioether (sulfide) groups is 1. The fourth-order valence-corrected chi connectivity index (χ4v) is 2.50. The van der Waals surface area contributed by atoms with Crippen molar-refractivity contribution < 1.29 is 18.7 Å². The number of fused-ring (bicyclic) bond motifs is 1. The molecule has 8 heteroatoms. The molecule has 0 aliphatic rings. The molecular weight excluding hydrogens is 288 g/mol. The minimum absolute atomic E-state index is 0.172. The number of nitriles is 1. The molecule has 0 aliphatic heterocycles. The van der Waals surface area contributed by atoms with Crippen molar-refractivity contribution >= 4 is 28.8 Å². The molecule has 2 rings (SSSR count). The van der Waals surface area contributed by atoms with Crippen LogP contribution in [-0.4, -0.2) is 32.8 Å². The molecule has 0 radical (unpaired) electrons. The SMILES string of the molecule is N#Cc1cccc2c1nc(SCC(=O)O)n2CC(F)F. The van der Waals surface area contributed by atoms with Crippen molar-refractivity contribution in [2.45, 2.75) is 18.1 Å². The van der Waals surface area contributed by atoms with E-state index >= 15 is 0 Å². The number of para-hydroxylation sites is 1. The van der Waals surface area contributed by atoms with Crippen LogP contribution in [0.25, 0.3) is 11.0 Å². The van der Waals surface area contributed by atoms with Crippen LogP contribution in [-0.2, 0) is 11.3 Å². The van der Waals surface area contributed by atoms with E-state index in [2.05, 4.69) is 4.98 Å². The third-order valence-corrected chi connectivity index (χ3v) is 3.47. The highest BCUT2D eigenvalue weighted by Gasteiger charge is 2.17. The van der Waals surface area contributed by atoms with E-state index in [1.807, 2.05) is 6.07 Å². The van der Waals surface area contributed by atoms with Gasteiger partial charge in [0, 0.05) is 0 Å². The Morgan fingerprint density at radius 1 is 1.55 bits per heavy atom. The molecule has 20 heavy (non-hydrogen) atoms. The molecule has 0 bridgehead atoms. The van der Waals surface area contributed by atoms with Crippen LogP contribution >= 0.6 is 11.8 Å². The number of carboxylic acids is 1. The van der Waals surface area contributed by atoms with E-state index in [4.69, 9.17) is 10.4 Å². The minimum atomic E-state index is -2.60. The molecule has 1 heterocycles. The normalized spacial score (nSPS) is 10.9. The van der Waals surface area contributed by atoms with E-state index < -0.39 is 18.9 Å². The molecule has 0 amide bonds. The van der Waals surface area contributed by atoms with Gasteiger partial charge in [0.2, 0.25) is 0 Å². The smallest absolute Gasteiger partial charge is 0.313 e. The quantitative estimate of drug-likeness (QED) is 0.857. The Balaban J connectivity index is 2.54. The molecule has 0 aliphatic carbocycles. The molecule has 0 unspecified atom stereocenters. The zero-order chi connectivity index (χ0) is 14.7. The van der Waals surface area contributed by atoms with E-state index in [0.717, 1.165) is 11.8 Å². The number of benzene rings is 1. The molecule has 104 valence electrons. The Kier molecular flexibility index (Phi) is 4.20. The van der Waals surface area contributed by atoms with Crippen LogP contribution in [0.2, 0.25) is 0 Å². The maximum absolute atomic E-state index is 12.6. The van der Waals surface area contributed by atoms with E-state index in [1.165, 1.54) is 10.6 Å². The van der Waals surface area contributed by atoms with Crippen LogP contribution in [0.4, 0.5) is 8.78 Å². The summed E-state index contributed by atoms with van der Waals surface area (Å²) in [5.74, 6) is -1.35. The Morgan fingerprint density at radius 2 is 2.30 bits per heavy atom. The van der Waals surface area contributed by atoms with E-state index in [0.29, 0.717) is 11.0 Å². The van der Waals surface area contributed by atoms with Gasteiger partial charge in [0.1, 0.15) is 11.6 Å². The van der Waals surface area contributed by atoms with Gasteiger partial charge in [0.25, 0.3) is 6.43 Å². The number of imidazole rings is 1. The molecule has 2 aromatic rings. The van der Waals surface area contributed by atoms with Gasteiger partial charge in [-0.05, 0) is 12.1 Å². The largest absolute Gasteiger partial charge is 0.481 e. The summed E-state index contributed by atoms with van der Waals surface area (Å²) in [6.45, 7) is -0.590. The maximum Gasteiger partial charge on any atom is 0.313 e. The third-order valence-electron chi connectivity index (χ3n) is 2.51. The fraction of sp³-hybridized carbons (Fsp3) is 0.250. The van der Waals surface area contributed by atoms with E-state index in [1.54, 1.807) is 12.1 Å². The predicted molar refractivity (Wildman–Crippen MR) is 68.8 cm³/mol. The number of aliphatic carboxylic acids is 1. The Hall–Kier alpha value is -2.14. The number of rotatable bonds is 5. The minimum Gasteiger partial charge on any atom is -0.481 e. The van der Waals surface area contributed by atoms with Crippen LogP contribution in [0.1, 0.15) is 5.56 Å². The monoisotopic (exact) mass is 297 g/mol. The molecule has 0 spiro atoms. The molecule has 5 nitrogen and oxygen atoms in total. The van der Waals surface area contributed by atoms with Crippen molar-refractivity contribution in [1.29, 1.82) is 5.26 Å². The number of aromatic nitrogens is 2. The first-order valence-corrected chi connectivity index (χ1v) is 6.53. The van der Waals surface area contributed by atoms with Crippen LogP contribution in [0.5, 0.6) is 0 Å². The van der Waals surface area contributed by atoms with Gasteiger partial charge in [-0.1, -0.05) is 17.8 Å². The van der Waals surface area contributed by atoms with Crippen molar-refractivity contribution in [3.63, 3.8) is 0 Å². The number of carboxylic acid groups (broad SMARTS) is 1. The summed E-state index contributed by atoms with van der Waals surface area (Å²) in [6, 6.07) is 6.63. The lowest BCUT2D eigenvalue weighted by molar-refractivity contribution is -0.133. The second-order valence-electron chi connectivity index (χ2n) is 3.86. The lowest BCUT2D eigenvalue weighted by Gasteiger charge is -2.07. The number of halogens is 2. The van der Waals surface area contributed by atoms with Gasteiger partial charge in [-0.2, -0.15) is 5.26 Å². The number of carbonyl (C=O) groups is 1. The van der Waals surface area contributed by atoms with Gasteiger partial charge >= 0.3 is 5.97 Å². The Bertz CT molecular complexity index is 694. The molecule has 1 aromatic carbocycles. The zero-order valence-electron chi connectivity index (χ0n) is 10.1. The number of nitrogens with zero attached hydrogens (tertiary/aromatic N) is 3. The molecule has 0 fully saturated rings. The summed E-state index contributed by atoms with van der Waals surface area (Å²) < 4.78 is 26.5. The zero-order valence-corrected chi connectivity index (χ0v) is 10.9. The summed E-state index contributed by atoms with van der Waals surface area (Å²) in [7, 11) is 0. The highest BCUT2D eigenvalue weighted by molar-refractivity contribution is 7.99. The number of hydrogen-bond acceptors (Lipinski definition) is 4. The molecule has 1 aromatic heterocycles. The molecular formula is C12H9F2N3O2S. The van der Waals surface area contributed by atoms with Crippen molar-refractivity contribution in [3.05, 3.63) is 23.8 Å². The van der Waals surface area contributed by atoms with Crippen LogP contribution in [0.3, 0.4) is 0 Å². The van der Waals surface area contributed by atoms with Crippen molar-refractivity contribution in [1.82, 2.24) is 9.55 Å². The van der Waals surface area contributed by atoms with Crippen molar-refractivity contribution in [3.8, 4) is 6.07 Å². The summed E-state index contributed by atoms with van der Waals surface area (Å²) in [5, 5.41) is 17.8. The highest BCUT2D eigenvalue weighted by Crippen LogP contribution is 2.26. The first-order chi connectivity index (χ1) is 9.52. The molecule has 0 atom stereocenters. The van der Waals surface area contributed by atoms with Gasteiger partial charge in [0.15, 0.2) is 5.16 Å². The Morgan fingerprint density at radius 3 is 2.90 bits per heavy atom. The summed E-state index contributed by atoms with van der Waals surface area (Å²) in [6.07, 6.45) is -2.60. The second kappa shape index (κ2) is 5.88.